The Morgan fingerprint density at radius 1 is 0.931 bits per heavy atom. The van der Waals surface area contributed by atoms with Gasteiger partial charge in [0.1, 0.15) is 17.5 Å². The number of carbonyl (C=O) groups excluding carboxylic acids is 1. The first-order chi connectivity index (χ1) is 14.1. The van der Waals surface area contributed by atoms with Crippen molar-refractivity contribution in [2.75, 3.05) is 19.5 Å². The van der Waals surface area contributed by atoms with Crippen molar-refractivity contribution in [3.63, 3.8) is 0 Å². The molecule has 0 fully saturated rings. The summed E-state index contributed by atoms with van der Waals surface area (Å²) in [5.74, 6) is 1.29. The molecular formula is C24H26N2O3. The van der Waals surface area contributed by atoms with Gasteiger partial charge in [-0.15, -0.1) is 0 Å². The number of hydrogen-bond acceptors (Lipinski definition) is 4. The number of amides is 1. The molecule has 0 aliphatic rings. The summed E-state index contributed by atoms with van der Waals surface area (Å²) in [5.41, 5.74) is 3.66. The Labute approximate surface area is 171 Å². The van der Waals surface area contributed by atoms with Crippen molar-refractivity contribution in [2.24, 2.45) is 0 Å². The third-order valence-electron chi connectivity index (χ3n) is 4.68. The molecule has 2 N–H and O–H groups in total. The molecule has 29 heavy (non-hydrogen) atoms. The zero-order valence-corrected chi connectivity index (χ0v) is 16.9. The van der Waals surface area contributed by atoms with E-state index in [1.807, 2.05) is 79.7 Å². The van der Waals surface area contributed by atoms with Crippen LogP contribution in [0.1, 0.15) is 22.7 Å². The van der Waals surface area contributed by atoms with E-state index in [1.54, 1.807) is 14.2 Å². The van der Waals surface area contributed by atoms with Crippen molar-refractivity contribution in [1.82, 2.24) is 5.32 Å². The summed E-state index contributed by atoms with van der Waals surface area (Å²) in [4.78, 5) is 13.2. The second-order valence-corrected chi connectivity index (χ2v) is 6.77. The Morgan fingerprint density at radius 2 is 1.66 bits per heavy atom. The van der Waals surface area contributed by atoms with Crippen LogP contribution in [-0.2, 0) is 11.3 Å². The minimum Gasteiger partial charge on any atom is -0.497 e. The molecule has 3 aromatic carbocycles. The van der Waals surface area contributed by atoms with Crippen molar-refractivity contribution < 1.29 is 14.3 Å². The van der Waals surface area contributed by atoms with Gasteiger partial charge in [0.15, 0.2) is 0 Å². The maximum Gasteiger partial charge on any atom is 0.246 e. The first-order valence-electron chi connectivity index (χ1n) is 9.47. The van der Waals surface area contributed by atoms with Gasteiger partial charge in [-0.2, -0.15) is 0 Å². The Morgan fingerprint density at radius 3 is 2.31 bits per heavy atom. The highest BCUT2D eigenvalue weighted by atomic mass is 16.5. The standard InChI is InChI=1S/C24H26N2O3/c1-17-9-14-22(29-3)21(15-17)26-24(27)23(19-7-5-4-6-8-19)25-16-18-10-12-20(28-2)13-11-18/h4-15,23,25H,16H2,1-3H3,(H,26,27)/t23-/m0/s1. The van der Waals surface area contributed by atoms with Crippen molar-refractivity contribution in [2.45, 2.75) is 19.5 Å². The highest BCUT2D eigenvalue weighted by Crippen LogP contribution is 2.27. The van der Waals surface area contributed by atoms with Crippen LogP contribution in [0.3, 0.4) is 0 Å². The van der Waals surface area contributed by atoms with E-state index in [-0.39, 0.29) is 5.91 Å². The summed E-state index contributed by atoms with van der Waals surface area (Å²) in [7, 11) is 3.24. The average molecular weight is 390 g/mol. The van der Waals surface area contributed by atoms with E-state index in [2.05, 4.69) is 10.6 Å². The molecule has 0 heterocycles. The fourth-order valence-electron chi connectivity index (χ4n) is 3.10. The molecule has 0 bridgehead atoms. The highest BCUT2D eigenvalue weighted by molar-refractivity contribution is 5.96. The van der Waals surface area contributed by atoms with Crippen molar-refractivity contribution in [3.8, 4) is 11.5 Å². The smallest absolute Gasteiger partial charge is 0.246 e. The molecule has 0 unspecified atom stereocenters. The van der Waals surface area contributed by atoms with E-state index in [0.717, 1.165) is 22.4 Å². The van der Waals surface area contributed by atoms with Gasteiger partial charge in [0, 0.05) is 6.54 Å². The number of nitrogens with one attached hydrogen (secondary N) is 2. The third kappa shape index (κ3) is 5.36. The van der Waals surface area contributed by atoms with Gasteiger partial charge in [0.2, 0.25) is 5.91 Å². The molecule has 3 rings (SSSR count). The molecule has 150 valence electrons. The molecule has 5 heteroatoms. The van der Waals surface area contributed by atoms with Gasteiger partial charge in [0.25, 0.3) is 0 Å². The van der Waals surface area contributed by atoms with Gasteiger partial charge in [-0.05, 0) is 47.9 Å². The topological polar surface area (TPSA) is 59.6 Å². The summed E-state index contributed by atoms with van der Waals surface area (Å²) >= 11 is 0. The van der Waals surface area contributed by atoms with E-state index in [0.29, 0.717) is 18.0 Å². The summed E-state index contributed by atoms with van der Waals surface area (Å²) in [6.45, 7) is 2.52. The number of anilines is 1. The van der Waals surface area contributed by atoms with Crippen LogP contribution in [0.15, 0.2) is 72.8 Å². The van der Waals surface area contributed by atoms with Crippen LogP contribution in [-0.4, -0.2) is 20.1 Å². The number of benzene rings is 3. The van der Waals surface area contributed by atoms with Crippen molar-refractivity contribution in [1.29, 1.82) is 0 Å². The average Bonchev–Trinajstić information content (AvgIpc) is 2.75. The van der Waals surface area contributed by atoms with E-state index in [9.17, 15) is 4.79 Å². The van der Waals surface area contributed by atoms with Crippen LogP contribution < -0.4 is 20.1 Å². The number of ether oxygens (including phenoxy) is 2. The van der Waals surface area contributed by atoms with Gasteiger partial charge in [-0.25, -0.2) is 0 Å². The summed E-state index contributed by atoms with van der Waals surface area (Å²) in [6, 6.07) is 22.7. The molecule has 0 saturated carbocycles. The van der Waals surface area contributed by atoms with Crippen LogP contribution in [0.2, 0.25) is 0 Å². The number of carbonyl (C=O) groups is 1. The zero-order valence-electron chi connectivity index (χ0n) is 16.9. The predicted molar refractivity (Wildman–Crippen MR) is 115 cm³/mol. The fraction of sp³-hybridized carbons (Fsp3) is 0.208. The monoisotopic (exact) mass is 390 g/mol. The summed E-state index contributed by atoms with van der Waals surface area (Å²) < 4.78 is 10.6. The van der Waals surface area contributed by atoms with Gasteiger partial charge in [-0.3, -0.25) is 10.1 Å². The molecule has 0 aromatic heterocycles. The minimum absolute atomic E-state index is 0.145. The largest absolute Gasteiger partial charge is 0.497 e. The quantitative estimate of drug-likeness (QED) is 0.595. The summed E-state index contributed by atoms with van der Waals surface area (Å²) in [5, 5.41) is 6.38. The molecule has 1 atom stereocenters. The Kier molecular flexibility index (Phi) is 6.87. The number of rotatable bonds is 8. The maximum absolute atomic E-state index is 13.2. The molecule has 0 radical (unpaired) electrons. The number of aryl methyl sites for hydroxylation is 1. The fourth-order valence-corrected chi connectivity index (χ4v) is 3.10. The summed E-state index contributed by atoms with van der Waals surface area (Å²) in [6.07, 6.45) is 0. The minimum atomic E-state index is -0.511. The molecule has 0 aliphatic carbocycles. The molecule has 3 aromatic rings. The van der Waals surface area contributed by atoms with E-state index < -0.39 is 6.04 Å². The number of hydrogen-bond donors (Lipinski definition) is 2. The predicted octanol–water partition coefficient (Wildman–Crippen LogP) is 4.48. The maximum atomic E-state index is 13.2. The van der Waals surface area contributed by atoms with Crippen LogP contribution in [0.25, 0.3) is 0 Å². The normalized spacial score (nSPS) is 11.6. The molecule has 1 amide bonds. The van der Waals surface area contributed by atoms with Crippen molar-refractivity contribution >= 4 is 11.6 Å². The second-order valence-electron chi connectivity index (χ2n) is 6.77. The van der Waals surface area contributed by atoms with E-state index in [1.165, 1.54) is 0 Å². The second kappa shape index (κ2) is 9.75. The van der Waals surface area contributed by atoms with Crippen LogP contribution in [0.4, 0.5) is 5.69 Å². The van der Waals surface area contributed by atoms with Crippen LogP contribution in [0.5, 0.6) is 11.5 Å². The van der Waals surface area contributed by atoms with E-state index in [4.69, 9.17) is 9.47 Å². The first kappa shape index (κ1) is 20.4. The lowest BCUT2D eigenvalue weighted by atomic mass is 10.0. The van der Waals surface area contributed by atoms with E-state index >= 15 is 0 Å². The van der Waals surface area contributed by atoms with Crippen LogP contribution >= 0.6 is 0 Å². The zero-order chi connectivity index (χ0) is 20.6. The molecular weight excluding hydrogens is 364 g/mol. The van der Waals surface area contributed by atoms with Gasteiger partial charge in [0.05, 0.1) is 19.9 Å². The third-order valence-corrected chi connectivity index (χ3v) is 4.68. The Hall–Kier alpha value is -3.31. The number of methoxy groups -OCH3 is 2. The van der Waals surface area contributed by atoms with Crippen LogP contribution in [0, 0.1) is 6.92 Å². The van der Waals surface area contributed by atoms with Gasteiger partial charge < -0.3 is 14.8 Å². The van der Waals surface area contributed by atoms with Gasteiger partial charge in [-0.1, -0.05) is 48.5 Å². The Balaban J connectivity index is 1.79. The lowest BCUT2D eigenvalue weighted by Gasteiger charge is -2.20. The van der Waals surface area contributed by atoms with Crippen molar-refractivity contribution in [3.05, 3.63) is 89.5 Å². The highest BCUT2D eigenvalue weighted by Gasteiger charge is 2.21. The Bertz CT molecular complexity index is 940. The van der Waals surface area contributed by atoms with Gasteiger partial charge >= 0.3 is 0 Å². The molecule has 0 aliphatic heterocycles. The lowest BCUT2D eigenvalue weighted by Crippen LogP contribution is -2.32. The lowest BCUT2D eigenvalue weighted by molar-refractivity contribution is -0.118. The molecule has 0 saturated heterocycles. The first-order valence-corrected chi connectivity index (χ1v) is 9.47. The molecule has 0 spiro atoms. The molecule has 5 nitrogen and oxygen atoms in total. The SMILES string of the molecule is COc1ccc(CN[C@H](C(=O)Nc2cc(C)ccc2OC)c2ccccc2)cc1.